The first-order chi connectivity index (χ1) is 19.2. The maximum absolute atomic E-state index is 13.6. The zero-order chi connectivity index (χ0) is 28.7. The van der Waals surface area contributed by atoms with Crippen LogP contribution in [-0.2, 0) is 6.54 Å². The average Bonchev–Trinajstić information content (AvgIpc) is 3.27. The Labute approximate surface area is 237 Å². The summed E-state index contributed by atoms with van der Waals surface area (Å²) in [4.78, 5) is 3.42. The van der Waals surface area contributed by atoms with E-state index in [2.05, 4.69) is 41.2 Å². The molecule has 0 spiro atoms. The van der Waals surface area contributed by atoms with Crippen LogP contribution in [0.2, 0.25) is 0 Å². The lowest BCUT2D eigenvalue weighted by molar-refractivity contribution is -0.140. The zero-order valence-electron chi connectivity index (χ0n) is 22.9. The van der Waals surface area contributed by atoms with E-state index < -0.39 is 12.7 Å². The predicted octanol–water partition coefficient (Wildman–Crippen LogP) is 6.58. The van der Waals surface area contributed by atoms with Crippen molar-refractivity contribution in [2.75, 3.05) is 43.1 Å². The molecule has 1 aliphatic rings. The van der Waals surface area contributed by atoms with Crippen LogP contribution in [0.4, 0.5) is 24.5 Å². The Kier molecular flexibility index (Phi) is 9.78. The fourth-order valence-corrected chi connectivity index (χ4v) is 5.35. The van der Waals surface area contributed by atoms with Gasteiger partial charge in [0.05, 0.1) is 23.4 Å². The van der Waals surface area contributed by atoms with Crippen LogP contribution in [0.5, 0.6) is 5.75 Å². The SMILES string of the molecule is CSc1ccc(NCC#Cc2cc3c(NC4CCN(C(C)C)CC4)cccc3n2CC(F)(F)F)c(OCC#N)c1. The Balaban J connectivity index is 1.56. The highest BCUT2D eigenvalue weighted by molar-refractivity contribution is 7.98. The zero-order valence-corrected chi connectivity index (χ0v) is 23.8. The minimum atomic E-state index is -4.39. The number of alkyl halides is 3. The highest BCUT2D eigenvalue weighted by Gasteiger charge is 2.30. The number of nitrogens with one attached hydrogen (secondary N) is 2. The predicted molar refractivity (Wildman–Crippen MR) is 156 cm³/mol. The maximum Gasteiger partial charge on any atom is 0.406 e. The van der Waals surface area contributed by atoms with E-state index in [9.17, 15) is 13.2 Å². The molecule has 2 aromatic carbocycles. The Morgan fingerprint density at radius 2 is 1.90 bits per heavy atom. The Morgan fingerprint density at radius 1 is 1.12 bits per heavy atom. The van der Waals surface area contributed by atoms with Gasteiger partial charge in [-0.05, 0) is 75.3 Å². The second-order valence-electron chi connectivity index (χ2n) is 9.98. The van der Waals surface area contributed by atoms with Crippen LogP contribution in [0.15, 0.2) is 47.4 Å². The highest BCUT2D eigenvalue weighted by atomic mass is 32.2. The first kappa shape index (κ1) is 29.5. The molecule has 0 aliphatic carbocycles. The molecular weight excluding hydrogens is 535 g/mol. The van der Waals surface area contributed by atoms with Crippen LogP contribution in [0.1, 0.15) is 32.4 Å². The molecule has 1 saturated heterocycles. The molecule has 0 saturated carbocycles. The van der Waals surface area contributed by atoms with E-state index >= 15 is 0 Å². The largest absolute Gasteiger partial charge is 0.477 e. The number of likely N-dealkylation sites (tertiary alicyclic amines) is 1. The second kappa shape index (κ2) is 13.3. The molecule has 0 amide bonds. The lowest BCUT2D eigenvalue weighted by Crippen LogP contribution is -2.42. The van der Waals surface area contributed by atoms with Crippen LogP contribution in [0, 0.1) is 23.2 Å². The summed E-state index contributed by atoms with van der Waals surface area (Å²) >= 11 is 1.55. The highest BCUT2D eigenvalue weighted by Crippen LogP contribution is 2.32. The van der Waals surface area contributed by atoms with Gasteiger partial charge in [0.25, 0.3) is 0 Å². The van der Waals surface area contributed by atoms with Crippen molar-refractivity contribution in [2.24, 2.45) is 0 Å². The van der Waals surface area contributed by atoms with E-state index in [0.717, 1.165) is 41.9 Å². The van der Waals surface area contributed by atoms with Crippen molar-refractivity contribution in [3.63, 3.8) is 0 Å². The van der Waals surface area contributed by atoms with Crippen LogP contribution < -0.4 is 15.4 Å². The fourth-order valence-electron chi connectivity index (χ4n) is 4.92. The van der Waals surface area contributed by atoms with Gasteiger partial charge in [-0.3, -0.25) is 0 Å². The van der Waals surface area contributed by atoms with Gasteiger partial charge in [0, 0.05) is 41.1 Å². The average molecular weight is 570 g/mol. The van der Waals surface area contributed by atoms with Crippen LogP contribution in [0.25, 0.3) is 10.9 Å². The molecule has 3 aromatic rings. The van der Waals surface area contributed by atoms with Gasteiger partial charge >= 0.3 is 6.18 Å². The molecule has 1 aliphatic heterocycles. The molecule has 2 N–H and O–H groups in total. The van der Waals surface area contributed by atoms with Crippen LogP contribution >= 0.6 is 11.8 Å². The minimum absolute atomic E-state index is 0.0943. The number of hydrogen-bond donors (Lipinski definition) is 2. The second-order valence-corrected chi connectivity index (χ2v) is 10.9. The third-order valence-corrected chi connectivity index (χ3v) is 7.69. The van der Waals surface area contributed by atoms with Gasteiger partial charge in [0.1, 0.15) is 18.4 Å². The summed E-state index contributed by atoms with van der Waals surface area (Å²) in [5.74, 6) is 6.44. The normalized spacial score (nSPS) is 14.6. The number of fused-ring (bicyclic) bond motifs is 1. The van der Waals surface area contributed by atoms with E-state index in [4.69, 9.17) is 10.00 Å². The molecule has 0 radical (unpaired) electrons. The minimum Gasteiger partial charge on any atom is -0.477 e. The van der Waals surface area contributed by atoms with Crippen LogP contribution in [-0.4, -0.2) is 60.2 Å². The van der Waals surface area contributed by atoms with Gasteiger partial charge < -0.3 is 24.8 Å². The molecular formula is C30H34F3N5OS. The summed E-state index contributed by atoms with van der Waals surface area (Å²) < 4.78 is 47.5. The van der Waals surface area contributed by atoms with Crippen molar-refractivity contribution >= 4 is 34.0 Å². The Morgan fingerprint density at radius 3 is 2.58 bits per heavy atom. The van der Waals surface area contributed by atoms with Gasteiger partial charge in [-0.2, -0.15) is 18.4 Å². The quantitative estimate of drug-likeness (QED) is 0.224. The summed E-state index contributed by atoms with van der Waals surface area (Å²) in [5, 5.41) is 16.4. The molecule has 6 nitrogen and oxygen atoms in total. The maximum atomic E-state index is 13.6. The van der Waals surface area contributed by atoms with Gasteiger partial charge in [-0.1, -0.05) is 12.0 Å². The molecule has 4 rings (SSSR count). The van der Waals surface area contributed by atoms with Crippen molar-refractivity contribution < 1.29 is 17.9 Å². The van der Waals surface area contributed by atoms with Gasteiger partial charge in [0.2, 0.25) is 0 Å². The molecule has 212 valence electrons. The third-order valence-electron chi connectivity index (χ3n) is 6.97. The van der Waals surface area contributed by atoms with Gasteiger partial charge in [0.15, 0.2) is 6.61 Å². The van der Waals surface area contributed by atoms with E-state index in [1.54, 1.807) is 30.0 Å². The first-order valence-electron chi connectivity index (χ1n) is 13.3. The summed E-state index contributed by atoms with van der Waals surface area (Å²) in [7, 11) is 0. The number of halogens is 3. The molecule has 2 heterocycles. The number of hydrogen-bond acceptors (Lipinski definition) is 6. The molecule has 0 bridgehead atoms. The molecule has 1 fully saturated rings. The lowest BCUT2D eigenvalue weighted by atomic mass is 10.0. The van der Waals surface area contributed by atoms with E-state index in [1.807, 2.05) is 36.6 Å². The third kappa shape index (κ3) is 7.59. The van der Waals surface area contributed by atoms with Gasteiger partial charge in [-0.15, -0.1) is 11.8 Å². The number of aromatic nitrogens is 1. The number of rotatable bonds is 9. The summed E-state index contributed by atoms with van der Waals surface area (Å²) in [6.07, 6.45) is -0.486. The standard InChI is InChI=1S/C30H34F3N5OS/c1-21(2)37-15-11-22(12-16-37)36-26-7-4-8-28-25(26)18-23(38(28)20-30(31,32)33)6-5-14-35-27-10-9-24(40-3)19-29(27)39-17-13-34/h4,7-10,18-19,21-22,35-36H,11-12,14-17,20H2,1-3H3. The Hall–Kier alpha value is -3.47. The fraction of sp³-hybridized carbons (Fsp3) is 0.433. The molecule has 0 unspecified atom stereocenters. The van der Waals surface area contributed by atoms with Crippen molar-refractivity contribution in [3.8, 4) is 23.7 Å². The molecule has 10 heteroatoms. The lowest BCUT2D eigenvalue weighted by Gasteiger charge is -2.35. The van der Waals surface area contributed by atoms with E-state index in [-0.39, 0.29) is 19.2 Å². The number of nitriles is 1. The van der Waals surface area contributed by atoms with Crippen molar-refractivity contribution in [1.29, 1.82) is 5.26 Å². The van der Waals surface area contributed by atoms with E-state index in [0.29, 0.717) is 28.7 Å². The van der Waals surface area contributed by atoms with Crippen molar-refractivity contribution in [2.45, 2.75) is 56.4 Å². The molecule has 0 atom stereocenters. The number of thioether (sulfide) groups is 1. The summed E-state index contributed by atoms with van der Waals surface area (Å²) in [6.45, 7) is 5.35. The number of piperidine rings is 1. The summed E-state index contributed by atoms with van der Waals surface area (Å²) in [6, 6.07) is 15.5. The van der Waals surface area contributed by atoms with Gasteiger partial charge in [-0.25, -0.2) is 0 Å². The van der Waals surface area contributed by atoms with Crippen molar-refractivity contribution in [3.05, 3.63) is 48.2 Å². The monoisotopic (exact) mass is 569 g/mol. The van der Waals surface area contributed by atoms with Crippen molar-refractivity contribution in [1.82, 2.24) is 9.47 Å². The Bertz CT molecular complexity index is 1410. The number of ether oxygens (including phenoxy) is 1. The molecule has 1 aromatic heterocycles. The smallest absolute Gasteiger partial charge is 0.406 e. The number of nitrogens with zero attached hydrogens (tertiary/aromatic N) is 3. The summed E-state index contributed by atoms with van der Waals surface area (Å²) in [5.41, 5.74) is 2.29. The molecule has 40 heavy (non-hydrogen) atoms. The van der Waals surface area contributed by atoms with E-state index in [1.165, 1.54) is 4.57 Å². The topological polar surface area (TPSA) is 65.2 Å². The number of benzene rings is 2. The first-order valence-corrected chi connectivity index (χ1v) is 14.5. The van der Waals surface area contributed by atoms with Crippen LogP contribution in [0.3, 0.4) is 0 Å². The number of anilines is 2.